The second-order valence-corrected chi connectivity index (χ2v) is 8.09. The molecule has 1 fully saturated rings. The van der Waals surface area contributed by atoms with E-state index >= 15 is 0 Å². The van der Waals surface area contributed by atoms with Crippen LogP contribution in [0.3, 0.4) is 0 Å². The highest BCUT2D eigenvalue weighted by molar-refractivity contribution is 7.98. The molecule has 1 aromatic carbocycles. The Kier molecular flexibility index (Phi) is 6.13. The number of thiazole rings is 1. The zero-order valence-corrected chi connectivity index (χ0v) is 17.6. The molecule has 0 radical (unpaired) electrons. The molecule has 3 heterocycles. The van der Waals surface area contributed by atoms with Gasteiger partial charge in [-0.25, -0.2) is 4.98 Å². The molecule has 0 atom stereocenters. The smallest absolute Gasteiger partial charge is 0.228 e. The van der Waals surface area contributed by atoms with Crippen molar-refractivity contribution in [2.75, 3.05) is 38.3 Å². The van der Waals surface area contributed by atoms with Gasteiger partial charge in [-0.3, -0.25) is 4.57 Å². The second kappa shape index (κ2) is 8.93. The fourth-order valence-electron chi connectivity index (χ4n) is 3.04. The molecule has 0 amide bonds. The SMILES string of the molecule is CCn1c(SCc2csc(-c3ccc(OC)cc3)n2)nnc1N1CCOCC1. The van der Waals surface area contributed by atoms with E-state index in [0.717, 1.165) is 71.7 Å². The molecule has 0 bridgehead atoms. The molecule has 0 aliphatic carbocycles. The van der Waals surface area contributed by atoms with Crippen molar-refractivity contribution < 1.29 is 9.47 Å². The van der Waals surface area contributed by atoms with Gasteiger partial charge in [0, 0.05) is 36.3 Å². The first-order chi connectivity index (χ1) is 13.8. The average molecular weight is 418 g/mol. The number of aromatic nitrogens is 4. The van der Waals surface area contributed by atoms with Gasteiger partial charge in [0.2, 0.25) is 5.95 Å². The number of thioether (sulfide) groups is 1. The predicted octanol–water partition coefficient (Wildman–Crippen LogP) is 3.56. The van der Waals surface area contributed by atoms with Crippen LogP contribution in [0.4, 0.5) is 5.95 Å². The Hall–Kier alpha value is -2.10. The molecular weight excluding hydrogens is 394 g/mol. The molecule has 4 rings (SSSR count). The number of methoxy groups -OCH3 is 1. The summed E-state index contributed by atoms with van der Waals surface area (Å²) in [6, 6.07) is 8.00. The minimum absolute atomic E-state index is 0.742. The Morgan fingerprint density at radius 1 is 1.18 bits per heavy atom. The number of morpholine rings is 1. The average Bonchev–Trinajstić information content (AvgIpc) is 3.39. The largest absolute Gasteiger partial charge is 0.497 e. The van der Waals surface area contributed by atoms with Crippen molar-refractivity contribution in [3.05, 3.63) is 35.3 Å². The third kappa shape index (κ3) is 4.16. The highest BCUT2D eigenvalue weighted by atomic mass is 32.2. The number of nitrogens with zero attached hydrogens (tertiary/aromatic N) is 5. The summed E-state index contributed by atoms with van der Waals surface area (Å²) in [5.41, 5.74) is 2.16. The highest BCUT2D eigenvalue weighted by Gasteiger charge is 2.20. The monoisotopic (exact) mass is 417 g/mol. The molecule has 0 N–H and O–H groups in total. The summed E-state index contributed by atoms with van der Waals surface area (Å²) in [7, 11) is 1.67. The molecule has 3 aromatic rings. The lowest BCUT2D eigenvalue weighted by Crippen LogP contribution is -2.38. The lowest BCUT2D eigenvalue weighted by Gasteiger charge is -2.27. The van der Waals surface area contributed by atoms with Gasteiger partial charge in [0.25, 0.3) is 0 Å². The van der Waals surface area contributed by atoms with Crippen LogP contribution >= 0.6 is 23.1 Å². The summed E-state index contributed by atoms with van der Waals surface area (Å²) in [5, 5.41) is 12.9. The summed E-state index contributed by atoms with van der Waals surface area (Å²) in [6.07, 6.45) is 0. The quantitative estimate of drug-likeness (QED) is 0.545. The first kappa shape index (κ1) is 19.2. The molecule has 1 saturated heterocycles. The predicted molar refractivity (Wildman–Crippen MR) is 112 cm³/mol. The topological polar surface area (TPSA) is 65.3 Å². The van der Waals surface area contributed by atoms with Crippen LogP contribution in [0.25, 0.3) is 10.6 Å². The second-order valence-electron chi connectivity index (χ2n) is 6.29. The molecule has 0 spiro atoms. The normalized spacial score (nSPS) is 14.4. The van der Waals surface area contributed by atoms with E-state index in [2.05, 4.69) is 32.0 Å². The fraction of sp³-hybridized carbons (Fsp3) is 0.421. The third-order valence-corrected chi connectivity index (χ3v) is 6.49. The maximum Gasteiger partial charge on any atom is 0.228 e. The molecule has 9 heteroatoms. The zero-order valence-electron chi connectivity index (χ0n) is 16.0. The Balaban J connectivity index is 1.43. The van der Waals surface area contributed by atoms with E-state index in [1.165, 1.54) is 0 Å². The van der Waals surface area contributed by atoms with E-state index in [9.17, 15) is 0 Å². The molecule has 1 aliphatic rings. The van der Waals surface area contributed by atoms with Crippen molar-refractivity contribution in [1.82, 2.24) is 19.7 Å². The van der Waals surface area contributed by atoms with Crippen LogP contribution < -0.4 is 9.64 Å². The van der Waals surface area contributed by atoms with E-state index in [1.54, 1.807) is 30.2 Å². The number of anilines is 1. The Morgan fingerprint density at radius 3 is 2.68 bits per heavy atom. The molecule has 28 heavy (non-hydrogen) atoms. The lowest BCUT2D eigenvalue weighted by molar-refractivity contribution is 0.121. The number of benzene rings is 1. The van der Waals surface area contributed by atoms with E-state index in [4.69, 9.17) is 14.5 Å². The molecular formula is C19H23N5O2S2. The maximum atomic E-state index is 5.44. The molecule has 148 valence electrons. The van der Waals surface area contributed by atoms with Gasteiger partial charge in [-0.15, -0.1) is 21.5 Å². The zero-order chi connectivity index (χ0) is 19.3. The molecule has 0 unspecified atom stereocenters. The Labute approximate surface area is 172 Å². The van der Waals surface area contributed by atoms with Crippen molar-refractivity contribution in [2.24, 2.45) is 0 Å². The van der Waals surface area contributed by atoms with Crippen molar-refractivity contribution >= 4 is 29.0 Å². The van der Waals surface area contributed by atoms with Gasteiger partial charge in [-0.05, 0) is 31.2 Å². The summed E-state index contributed by atoms with van der Waals surface area (Å²) in [4.78, 5) is 7.02. The van der Waals surface area contributed by atoms with E-state index in [0.29, 0.717) is 0 Å². The number of hydrogen-bond acceptors (Lipinski definition) is 8. The molecule has 2 aromatic heterocycles. The Morgan fingerprint density at radius 2 is 1.96 bits per heavy atom. The maximum absolute atomic E-state index is 5.44. The Bertz CT molecular complexity index is 903. The van der Waals surface area contributed by atoms with Crippen LogP contribution in [0.5, 0.6) is 5.75 Å². The van der Waals surface area contributed by atoms with Crippen LogP contribution in [0.15, 0.2) is 34.8 Å². The van der Waals surface area contributed by atoms with E-state index in [-0.39, 0.29) is 0 Å². The summed E-state index contributed by atoms with van der Waals surface area (Å²) in [5.74, 6) is 2.56. The third-order valence-electron chi connectivity index (χ3n) is 4.55. The van der Waals surface area contributed by atoms with Crippen molar-refractivity contribution in [1.29, 1.82) is 0 Å². The summed E-state index contributed by atoms with van der Waals surface area (Å²) >= 11 is 3.34. The van der Waals surface area contributed by atoms with Crippen LogP contribution in [-0.2, 0) is 17.0 Å². The summed E-state index contributed by atoms with van der Waals surface area (Å²) in [6.45, 7) is 6.18. The van der Waals surface area contributed by atoms with Crippen molar-refractivity contribution in [3.8, 4) is 16.3 Å². The van der Waals surface area contributed by atoms with Gasteiger partial charge in [0.1, 0.15) is 10.8 Å². The number of ether oxygens (including phenoxy) is 2. The van der Waals surface area contributed by atoms with Crippen LogP contribution in [0, 0.1) is 0 Å². The highest BCUT2D eigenvalue weighted by Crippen LogP contribution is 2.29. The lowest BCUT2D eigenvalue weighted by atomic mass is 10.2. The van der Waals surface area contributed by atoms with Gasteiger partial charge in [-0.1, -0.05) is 11.8 Å². The van der Waals surface area contributed by atoms with Crippen molar-refractivity contribution in [3.63, 3.8) is 0 Å². The minimum Gasteiger partial charge on any atom is -0.497 e. The number of hydrogen-bond donors (Lipinski definition) is 0. The molecule has 7 nitrogen and oxygen atoms in total. The van der Waals surface area contributed by atoms with Gasteiger partial charge >= 0.3 is 0 Å². The van der Waals surface area contributed by atoms with Crippen LogP contribution in [0.1, 0.15) is 12.6 Å². The fourth-order valence-corrected chi connectivity index (χ4v) is 4.86. The minimum atomic E-state index is 0.742. The first-order valence-corrected chi connectivity index (χ1v) is 11.1. The van der Waals surface area contributed by atoms with Gasteiger partial charge in [-0.2, -0.15) is 0 Å². The standard InChI is InChI=1S/C19H23N5O2S2/c1-3-24-18(23-8-10-26-11-9-23)21-22-19(24)28-13-15-12-27-17(20-15)14-4-6-16(25-2)7-5-14/h4-7,12H,3,8-11,13H2,1-2H3. The molecule has 0 saturated carbocycles. The summed E-state index contributed by atoms with van der Waals surface area (Å²) < 4.78 is 12.8. The van der Waals surface area contributed by atoms with Gasteiger partial charge in [0.05, 0.1) is 26.0 Å². The van der Waals surface area contributed by atoms with E-state index in [1.807, 2.05) is 24.3 Å². The van der Waals surface area contributed by atoms with Gasteiger partial charge in [0.15, 0.2) is 5.16 Å². The van der Waals surface area contributed by atoms with Crippen LogP contribution in [-0.4, -0.2) is 53.2 Å². The number of rotatable bonds is 7. The molecule has 1 aliphatic heterocycles. The van der Waals surface area contributed by atoms with Crippen LogP contribution in [0.2, 0.25) is 0 Å². The van der Waals surface area contributed by atoms with Gasteiger partial charge < -0.3 is 14.4 Å². The first-order valence-electron chi connectivity index (χ1n) is 9.26. The van der Waals surface area contributed by atoms with E-state index < -0.39 is 0 Å². The van der Waals surface area contributed by atoms with Crippen molar-refractivity contribution in [2.45, 2.75) is 24.4 Å².